The SMILES string of the molecule is COc1ccc(-c2nc(CN3C=CN4NC(c5cccs5)CC4C3=O)c(C)o2)c(OC)c1. The molecule has 1 saturated heterocycles. The average Bonchev–Trinajstić information content (AvgIpc) is 3.55. The molecule has 2 aliphatic heterocycles. The fourth-order valence-electron chi connectivity index (χ4n) is 4.07. The van der Waals surface area contributed by atoms with E-state index >= 15 is 0 Å². The maximum absolute atomic E-state index is 13.2. The minimum absolute atomic E-state index is 0.0463. The van der Waals surface area contributed by atoms with Crippen LogP contribution in [0.15, 0.2) is 52.5 Å². The summed E-state index contributed by atoms with van der Waals surface area (Å²) in [6.07, 6.45) is 4.44. The number of aryl methyl sites for hydroxylation is 1. The standard InChI is InChI=1S/C23H24N4O4S/c1-14-18(24-22(31-14)16-7-6-15(29-2)11-20(16)30-3)13-26-8-9-27-19(23(26)28)12-17(25-27)21-5-4-10-32-21/h4-11,17,19,25H,12-13H2,1-3H3. The van der Waals surface area contributed by atoms with Crippen LogP contribution in [0, 0.1) is 6.92 Å². The van der Waals surface area contributed by atoms with Crippen LogP contribution in [0.2, 0.25) is 0 Å². The van der Waals surface area contributed by atoms with E-state index in [-0.39, 0.29) is 18.0 Å². The van der Waals surface area contributed by atoms with Gasteiger partial charge in [0.25, 0.3) is 5.91 Å². The zero-order valence-electron chi connectivity index (χ0n) is 18.1. The van der Waals surface area contributed by atoms with Crippen molar-refractivity contribution in [3.63, 3.8) is 0 Å². The number of benzene rings is 1. The zero-order chi connectivity index (χ0) is 22.2. The summed E-state index contributed by atoms with van der Waals surface area (Å²) in [5.74, 6) is 2.46. The number of hydrazine groups is 1. The smallest absolute Gasteiger partial charge is 0.251 e. The minimum Gasteiger partial charge on any atom is -0.497 e. The normalized spacial score (nSPS) is 20.0. The number of ether oxygens (including phenoxy) is 2. The van der Waals surface area contributed by atoms with E-state index in [1.54, 1.807) is 42.7 Å². The summed E-state index contributed by atoms with van der Waals surface area (Å²) in [6, 6.07) is 9.52. The number of thiophene rings is 1. The Bertz CT molecular complexity index is 1160. The quantitative estimate of drug-likeness (QED) is 0.608. The third kappa shape index (κ3) is 3.63. The van der Waals surface area contributed by atoms with Crippen LogP contribution in [0.5, 0.6) is 11.5 Å². The number of hydrogen-bond donors (Lipinski definition) is 1. The van der Waals surface area contributed by atoms with Crippen LogP contribution in [0.1, 0.15) is 28.8 Å². The molecule has 1 N–H and O–H groups in total. The number of aromatic nitrogens is 1. The van der Waals surface area contributed by atoms with Crippen LogP contribution >= 0.6 is 11.3 Å². The summed E-state index contributed by atoms with van der Waals surface area (Å²) < 4.78 is 16.7. The Hall–Kier alpha value is -3.30. The highest BCUT2D eigenvalue weighted by Crippen LogP contribution is 2.35. The predicted octanol–water partition coefficient (Wildman–Crippen LogP) is 3.86. The molecule has 0 bridgehead atoms. The molecular weight excluding hydrogens is 428 g/mol. The van der Waals surface area contributed by atoms with Gasteiger partial charge in [-0.05, 0) is 30.5 Å². The van der Waals surface area contributed by atoms with Gasteiger partial charge >= 0.3 is 0 Å². The number of hydrogen-bond acceptors (Lipinski definition) is 8. The first-order valence-corrected chi connectivity index (χ1v) is 11.2. The van der Waals surface area contributed by atoms with Crippen molar-refractivity contribution in [1.29, 1.82) is 0 Å². The molecule has 2 aliphatic rings. The maximum atomic E-state index is 13.2. The number of nitrogens with one attached hydrogen (secondary N) is 1. The van der Waals surface area contributed by atoms with E-state index in [1.165, 1.54) is 4.88 Å². The van der Waals surface area contributed by atoms with Gasteiger partial charge in [0, 0.05) is 29.8 Å². The number of methoxy groups -OCH3 is 2. The molecule has 4 heterocycles. The second-order valence-corrected chi connectivity index (χ2v) is 8.69. The highest BCUT2D eigenvalue weighted by Gasteiger charge is 2.40. The molecule has 0 saturated carbocycles. The van der Waals surface area contributed by atoms with Crippen molar-refractivity contribution in [2.75, 3.05) is 14.2 Å². The highest BCUT2D eigenvalue weighted by molar-refractivity contribution is 7.10. The van der Waals surface area contributed by atoms with E-state index in [0.29, 0.717) is 35.4 Å². The molecule has 1 aromatic carbocycles. The van der Waals surface area contributed by atoms with Crippen LogP contribution in [0.4, 0.5) is 0 Å². The molecule has 2 unspecified atom stereocenters. The summed E-state index contributed by atoms with van der Waals surface area (Å²) in [4.78, 5) is 20.8. The Labute approximate surface area is 190 Å². The molecule has 0 radical (unpaired) electrons. The largest absolute Gasteiger partial charge is 0.497 e. The zero-order valence-corrected chi connectivity index (χ0v) is 18.9. The summed E-state index contributed by atoms with van der Waals surface area (Å²) in [5, 5.41) is 3.97. The topological polar surface area (TPSA) is 80.1 Å². The Morgan fingerprint density at radius 3 is 2.88 bits per heavy atom. The van der Waals surface area contributed by atoms with E-state index in [0.717, 1.165) is 12.0 Å². The Morgan fingerprint density at radius 1 is 1.25 bits per heavy atom. The first-order chi connectivity index (χ1) is 15.6. The highest BCUT2D eigenvalue weighted by atomic mass is 32.1. The molecule has 9 heteroatoms. The number of fused-ring (bicyclic) bond motifs is 1. The molecule has 1 fully saturated rings. The van der Waals surface area contributed by atoms with Crippen molar-refractivity contribution in [3.8, 4) is 23.0 Å². The number of carbonyl (C=O) groups is 1. The van der Waals surface area contributed by atoms with Crippen LogP contribution in [0.25, 0.3) is 11.5 Å². The lowest BCUT2D eigenvalue weighted by molar-refractivity contribution is -0.135. The van der Waals surface area contributed by atoms with Gasteiger partial charge in [-0.25, -0.2) is 10.4 Å². The van der Waals surface area contributed by atoms with Gasteiger partial charge in [-0.3, -0.25) is 4.79 Å². The molecule has 5 rings (SSSR count). The van der Waals surface area contributed by atoms with Crippen LogP contribution in [0.3, 0.4) is 0 Å². The predicted molar refractivity (Wildman–Crippen MR) is 120 cm³/mol. The van der Waals surface area contributed by atoms with Gasteiger partial charge in [0.15, 0.2) is 0 Å². The monoisotopic (exact) mass is 452 g/mol. The van der Waals surface area contributed by atoms with Crippen LogP contribution in [-0.4, -0.2) is 41.1 Å². The number of amides is 1. The molecule has 1 amide bonds. The third-order valence-electron chi connectivity index (χ3n) is 5.81. The summed E-state index contributed by atoms with van der Waals surface area (Å²) >= 11 is 1.70. The van der Waals surface area contributed by atoms with Crippen molar-refractivity contribution < 1.29 is 18.7 Å². The van der Waals surface area contributed by atoms with Gasteiger partial charge in [-0.2, -0.15) is 0 Å². The van der Waals surface area contributed by atoms with Gasteiger partial charge in [-0.15, -0.1) is 11.3 Å². The van der Waals surface area contributed by atoms with Gasteiger partial charge in [-0.1, -0.05) is 6.07 Å². The third-order valence-corrected chi connectivity index (χ3v) is 6.80. The van der Waals surface area contributed by atoms with Crippen molar-refractivity contribution in [3.05, 3.63) is 64.4 Å². The molecule has 0 spiro atoms. The van der Waals surface area contributed by atoms with Crippen LogP contribution < -0.4 is 14.9 Å². The molecular formula is C23H24N4O4S. The first kappa shape index (κ1) is 20.6. The fourth-order valence-corrected chi connectivity index (χ4v) is 4.85. The van der Waals surface area contributed by atoms with Gasteiger partial charge < -0.3 is 23.8 Å². The summed E-state index contributed by atoms with van der Waals surface area (Å²) in [5.41, 5.74) is 4.86. The first-order valence-electron chi connectivity index (χ1n) is 10.3. The van der Waals surface area contributed by atoms with Gasteiger partial charge in [0.2, 0.25) is 5.89 Å². The van der Waals surface area contributed by atoms with Crippen LogP contribution in [-0.2, 0) is 11.3 Å². The van der Waals surface area contributed by atoms with E-state index in [4.69, 9.17) is 13.9 Å². The Kier molecular flexibility index (Phi) is 5.36. The fraction of sp³-hybridized carbons (Fsp3) is 0.304. The van der Waals surface area contributed by atoms with Crippen molar-refractivity contribution >= 4 is 17.2 Å². The van der Waals surface area contributed by atoms with E-state index in [1.807, 2.05) is 36.3 Å². The van der Waals surface area contributed by atoms with E-state index < -0.39 is 0 Å². The minimum atomic E-state index is -0.236. The molecule has 3 aromatic rings. The van der Waals surface area contributed by atoms with Crippen molar-refractivity contribution in [2.45, 2.75) is 32.0 Å². The molecule has 2 atom stereocenters. The van der Waals surface area contributed by atoms with Crippen molar-refractivity contribution in [2.24, 2.45) is 0 Å². The average molecular weight is 453 g/mol. The lowest BCUT2D eigenvalue weighted by atomic mass is 10.1. The number of oxazole rings is 1. The Balaban J connectivity index is 1.34. The molecule has 0 aliphatic carbocycles. The lowest BCUT2D eigenvalue weighted by Crippen LogP contribution is -2.47. The van der Waals surface area contributed by atoms with Crippen molar-refractivity contribution in [1.82, 2.24) is 20.3 Å². The van der Waals surface area contributed by atoms with Gasteiger partial charge in [0.05, 0.1) is 32.4 Å². The molecule has 32 heavy (non-hydrogen) atoms. The number of nitrogens with zero attached hydrogens (tertiary/aromatic N) is 3. The molecule has 2 aromatic heterocycles. The van der Waals surface area contributed by atoms with E-state index in [9.17, 15) is 4.79 Å². The van der Waals surface area contributed by atoms with Gasteiger partial charge in [0.1, 0.15) is 29.0 Å². The summed E-state index contributed by atoms with van der Waals surface area (Å²) in [7, 11) is 3.20. The second-order valence-electron chi connectivity index (χ2n) is 7.71. The Morgan fingerprint density at radius 2 is 2.12 bits per heavy atom. The van der Waals surface area contributed by atoms with E-state index in [2.05, 4.69) is 21.9 Å². The number of rotatable bonds is 6. The number of carbonyl (C=O) groups excluding carboxylic acids is 1. The maximum Gasteiger partial charge on any atom is 0.251 e. The second kappa shape index (κ2) is 8.33. The summed E-state index contributed by atoms with van der Waals surface area (Å²) in [6.45, 7) is 2.20. The molecule has 8 nitrogen and oxygen atoms in total. The molecule has 166 valence electrons. The lowest BCUT2D eigenvalue weighted by Gasteiger charge is -2.31.